The summed E-state index contributed by atoms with van der Waals surface area (Å²) in [6, 6.07) is 20.8. The van der Waals surface area contributed by atoms with Gasteiger partial charge >= 0.3 is 0 Å². The van der Waals surface area contributed by atoms with Gasteiger partial charge in [0.2, 0.25) is 0 Å². The lowest BCUT2D eigenvalue weighted by molar-refractivity contribution is 0.270. The molecule has 0 saturated carbocycles. The molecule has 0 aliphatic rings. The summed E-state index contributed by atoms with van der Waals surface area (Å²) in [6.45, 7) is 0.360. The van der Waals surface area contributed by atoms with Gasteiger partial charge in [-0.15, -0.1) is 0 Å². The molecule has 0 atom stereocenters. The van der Waals surface area contributed by atoms with E-state index in [1.807, 2.05) is 22.9 Å². The summed E-state index contributed by atoms with van der Waals surface area (Å²) in [4.78, 5) is 4.14. The average molecular weight is 401 g/mol. The highest BCUT2D eigenvalue weighted by molar-refractivity contribution is 5.83. The predicted molar refractivity (Wildman–Crippen MR) is 116 cm³/mol. The number of aliphatic hydroxyl groups is 1. The summed E-state index contributed by atoms with van der Waals surface area (Å²) in [5.41, 5.74) is 6.08. The van der Waals surface area contributed by atoms with Gasteiger partial charge in [-0.25, -0.2) is 4.39 Å². The molecule has 0 radical (unpaired) electrons. The zero-order valence-corrected chi connectivity index (χ0v) is 16.7. The normalized spacial score (nSPS) is 11.0. The van der Waals surface area contributed by atoms with Crippen LogP contribution >= 0.6 is 0 Å². The minimum absolute atomic E-state index is 0.0187. The van der Waals surface area contributed by atoms with Crippen LogP contribution in [0.3, 0.4) is 0 Å². The van der Waals surface area contributed by atoms with Crippen molar-refractivity contribution in [2.75, 3.05) is 6.61 Å². The van der Waals surface area contributed by atoms with Crippen LogP contribution < -0.4 is 0 Å². The molecule has 2 aromatic heterocycles. The molecular formula is C25H24FN3O. The Balaban J connectivity index is 1.74. The lowest BCUT2D eigenvalue weighted by Gasteiger charge is -2.10. The van der Waals surface area contributed by atoms with Crippen molar-refractivity contribution in [1.82, 2.24) is 14.8 Å². The van der Waals surface area contributed by atoms with E-state index in [2.05, 4.69) is 29.2 Å². The number of benzene rings is 2. The first-order valence-electron chi connectivity index (χ1n) is 10.2. The number of pyridine rings is 1. The van der Waals surface area contributed by atoms with Crippen LogP contribution in [-0.4, -0.2) is 26.5 Å². The molecule has 0 fully saturated rings. The Hall–Kier alpha value is -3.31. The Kier molecular flexibility index (Phi) is 6.30. The van der Waals surface area contributed by atoms with Crippen LogP contribution in [0.2, 0.25) is 0 Å². The second-order valence-corrected chi connectivity index (χ2v) is 7.20. The Morgan fingerprint density at radius 1 is 0.833 bits per heavy atom. The number of hydrogen-bond donors (Lipinski definition) is 1. The van der Waals surface area contributed by atoms with E-state index >= 15 is 0 Å². The fourth-order valence-corrected chi connectivity index (χ4v) is 3.77. The second-order valence-electron chi connectivity index (χ2n) is 7.20. The van der Waals surface area contributed by atoms with Crippen LogP contribution in [0.4, 0.5) is 4.39 Å². The number of nitrogens with zero attached hydrogens (tertiary/aromatic N) is 3. The van der Waals surface area contributed by atoms with Crippen molar-refractivity contribution in [2.24, 2.45) is 0 Å². The highest BCUT2D eigenvalue weighted by Crippen LogP contribution is 2.36. The number of aliphatic hydroxyl groups excluding tert-OH is 1. The first kappa shape index (κ1) is 20.0. The van der Waals surface area contributed by atoms with E-state index in [9.17, 15) is 9.50 Å². The van der Waals surface area contributed by atoms with Gasteiger partial charge in [0.1, 0.15) is 5.82 Å². The van der Waals surface area contributed by atoms with Gasteiger partial charge in [-0.1, -0.05) is 30.3 Å². The van der Waals surface area contributed by atoms with Crippen molar-refractivity contribution in [3.8, 4) is 22.4 Å². The molecule has 30 heavy (non-hydrogen) atoms. The highest BCUT2D eigenvalue weighted by Gasteiger charge is 2.20. The average Bonchev–Trinajstić information content (AvgIpc) is 3.14. The molecule has 0 unspecified atom stereocenters. The van der Waals surface area contributed by atoms with Gasteiger partial charge in [0, 0.05) is 23.5 Å². The Morgan fingerprint density at radius 2 is 1.57 bits per heavy atom. The lowest BCUT2D eigenvalue weighted by Crippen LogP contribution is -2.06. The van der Waals surface area contributed by atoms with Crippen molar-refractivity contribution >= 4 is 0 Å². The Bertz CT molecular complexity index is 1080. The van der Waals surface area contributed by atoms with Gasteiger partial charge in [0.15, 0.2) is 0 Å². The molecule has 4 rings (SSSR count). The monoisotopic (exact) mass is 401 g/mol. The van der Waals surface area contributed by atoms with Gasteiger partial charge in [-0.3, -0.25) is 9.67 Å². The smallest absolute Gasteiger partial charge is 0.123 e. The fourth-order valence-electron chi connectivity index (χ4n) is 3.77. The maximum atomic E-state index is 13.5. The molecule has 0 aliphatic heterocycles. The number of rotatable bonds is 8. The van der Waals surface area contributed by atoms with E-state index in [-0.39, 0.29) is 12.4 Å². The van der Waals surface area contributed by atoms with E-state index in [1.54, 1.807) is 24.5 Å². The third kappa shape index (κ3) is 4.47. The number of aryl methyl sites for hydroxylation is 2. The maximum absolute atomic E-state index is 13.5. The van der Waals surface area contributed by atoms with Crippen LogP contribution in [0.1, 0.15) is 17.7 Å². The van der Waals surface area contributed by atoms with Crippen LogP contribution in [0.25, 0.3) is 22.4 Å². The molecule has 2 aromatic carbocycles. The molecule has 0 amide bonds. The zero-order valence-electron chi connectivity index (χ0n) is 16.7. The summed E-state index contributed by atoms with van der Waals surface area (Å²) in [7, 11) is 0. The fraction of sp³-hybridized carbons (Fsp3) is 0.200. The number of halogens is 1. The third-order valence-corrected chi connectivity index (χ3v) is 5.15. The van der Waals surface area contributed by atoms with E-state index in [0.717, 1.165) is 47.3 Å². The topological polar surface area (TPSA) is 50.9 Å². The zero-order chi connectivity index (χ0) is 20.8. The van der Waals surface area contributed by atoms with Crippen LogP contribution in [0.15, 0.2) is 79.1 Å². The highest BCUT2D eigenvalue weighted by atomic mass is 19.1. The van der Waals surface area contributed by atoms with Crippen molar-refractivity contribution in [1.29, 1.82) is 0 Å². The minimum Gasteiger partial charge on any atom is -0.394 e. The SMILES string of the molecule is OCCn1nc(CCCc2ccccc2)c(-c2ccncc2)c1-c1ccc(F)cc1. The molecule has 2 heterocycles. The number of hydrogen-bond acceptors (Lipinski definition) is 3. The van der Waals surface area contributed by atoms with Crippen molar-refractivity contribution in [3.05, 3.63) is 96.2 Å². The minimum atomic E-state index is -0.277. The van der Waals surface area contributed by atoms with E-state index in [0.29, 0.717) is 6.54 Å². The standard InChI is InChI=1S/C25H24FN3O/c26-22-11-9-21(10-12-22)25-24(20-13-15-27-16-14-20)23(28-29(25)17-18-30)8-4-7-19-5-2-1-3-6-19/h1-3,5-6,9-16,30H,4,7-8,17-18H2. The van der Waals surface area contributed by atoms with E-state index in [4.69, 9.17) is 5.10 Å². The van der Waals surface area contributed by atoms with Gasteiger partial charge < -0.3 is 5.11 Å². The van der Waals surface area contributed by atoms with Crippen LogP contribution in [0, 0.1) is 5.82 Å². The summed E-state index contributed by atoms with van der Waals surface area (Å²) in [6.07, 6.45) is 6.26. The predicted octanol–water partition coefficient (Wildman–Crippen LogP) is 4.92. The molecule has 0 aliphatic carbocycles. The molecule has 152 valence electrons. The Labute approximate surface area is 175 Å². The molecule has 4 nitrogen and oxygen atoms in total. The third-order valence-electron chi connectivity index (χ3n) is 5.15. The molecule has 0 saturated heterocycles. The second kappa shape index (κ2) is 9.46. The first-order valence-corrected chi connectivity index (χ1v) is 10.2. The molecule has 5 heteroatoms. The van der Waals surface area contributed by atoms with Gasteiger partial charge in [-0.05, 0) is 66.8 Å². The Morgan fingerprint density at radius 3 is 2.27 bits per heavy atom. The van der Waals surface area contributed by atoms with Crippen LogP contribution in [-0.2, 0) is 19.4 Å². The quantitative estimate of drug-likeness (QED) is 0.456. The molecule has 1 N–H and O–H groups in total. The van der Waals surface area contributed by atoms with Gasteiger partial charge in [-0.2, -0.15) is 5.10 Å². The maximum Gasteiger partial charge on any atom is 0.123 e. The molecule has 4 aromatic rings. The van der Waals surface area contributed by atoms with Gasteiger partial charge in [0.25, 0.3) is 0 Å². The van der Waals surface area contributed by atoms with Crippen LogP contribution in [0.5, 0.6) is 0 Å². The van der Waals surface area contributed by atoms with Crippen molar-refractivity contribution < 1.29 is 9.50 Å². The molecule has 0 bridgehead atoms. The van der Waals surface area contributed by atoms with Crippen molar-refractivity contribution in [2.45, 2.75) is 25.8 Å². The van der Waals surface area contributed by atoms with Crippen molar-refractivity contribution in [3.63, 3.8) is 0 Å². The summed E-state index contributed by atoms with van der Waals surface area (Å²) < 4.78 is 15.4. The summed E-state index contributed by atoms with van der Waals surface area (Å²) >= 11 is 0. The summed E-state index contributed by atoms with van der Waals surface area (Å²) in [5, 5.41) is 14.4. The van der Waals surface area contributed by atoms with E-state index in [1.165, 1.54) is 17.7 Å². The lowest BCUT2D eigenvalue weighted by atomic mass is 9.96. The largest absolute Gasteiger partial charge is 0.394 e. The van der Waals surface area contributed by atoms with E-state index < -0.39 is 0 Å². The number of aromatic nitrogens is 3. The molecule has 0 spiro atoms. The van der Waals surface area contributed by atoms with Gasteiger partial charge in [0.05, 0.1) is 24.5 Å². The summed E-state index contributed by atoms with van der Waals surface area (Å²) in [5.74, 6) is -0.277. The molecular weight excluding hydrogens is 377 g/mol. The first-order chi connectivity index (χ1) is 14.8.